The maximum absolute atomic E-state index is 12.9. The van der Waals surface area contributed by atoms with E-state index in [9.17, 15) is 13.2 Å². The van der Waals surface area contributed by atoms with Gasteiger partial charge in [0, 0.05) is 24.0 Å². The first-order chi connectivity index (χ1) is 16.4. The van der Waals surface area contributed by atoms with Crippen molar-refractivity contribution in [1.29, 1.82) is 0 Å². The topological polar surface area (TPSA) is 89.8 Å². The Hall–Kier alpha value is -4.17. The Balaban J connectivity index is 1.59. The molecule has 1 N–H and O–H groups in total. The summed E-state index contributed by atoms with van der Waals surface area (Å²) in [5.74, 6) is 0.0806. The van der Waals surface area contributed by atoms with Crippen molar-refractivity contribution in [3.63, 3.8) is 0 Å². The van der Waals surface area contributed by atoms with E-state index in [-0.39, 0.29) is 10.5 Å². The molecule has 0 radical (unpaired) electrons. The second kappa shape index (κ2) is 10.2. The molecule has 7 nitrogen and oxygen atoms in total. The van der Waals surface area contributed by atoms with E-state index in [1.54, 1.807) is 42.5 Å². The van der Waals surface area contributed by atoms with Crippen molar-refractivity contribution in [2.24, 2.45) is 4.99 Å². The second-order valence-corrected chi connectivity index (χ2v) is 9.13. The molecule has 0 atom stereocenters. The van der Waals surface area contributed by atoms with Crippen LogP contribution in [-0.2, 0) is 16.6 Å². The highest BCUT2D eigenvalue weighted by molar-refractivity contribution is 7.92. The quantitative estimate of drug-likeness (QED) is 0.438. The molecule has 3 aromatic carbocycles. The zero-order valence-corrected chi connectivity index (χ0v) is 19.3. The van der Waals surface area contributed by atoms with Crippen LogP contribution in [0.15, 0.2) is 113 Å². The smallest absolute Gasteiger partial charge is 0.278 e. The Morgan fingerprint density at radius 1 is 0.912 bits per heavy atom. The van der Waals surface area contributed by atoms with Gasteiger partial charge in [0.15, 0.2) is 0 Å². The van der Waals surface area contributed by atoms with Gasteiger partial charge < -0.3 is 9.30 Å². The average molecular weight is 474 g/mol. The first kappa shape index (κ1) is 23.0. The van der Waals surface area contributed by atoms with Gasteiger partial charge in [0.25, 0.3) is 15.9 Å². The number of ether oxygens (including phenoxy) is 1. The number of pyridine rings is 1. The summed E-state index contributed by atoms with van der Waals surface area (Å²) in [4.78, 5) is 17.1. The number of anilines is 1. The minimum Gasteiger partial charge on any atom is -0.497 e. The Morgan fingerprint density at radius 3 is 2.38 bits per heavy atom. The third kappa shape index (κ3) is 5.60. The van der Waals surface area contributed by atoms with E-state index in [1.165, 1.54) is 25.3 Å². The van der Waals surface area contributed by atoms with Crippen LogP contribution in [0.1, 0.15) is 15.9 Å². The number of methoxy groups -OCH3 is 1. The van der Waals surface area contributed by atoms with Crippen LogP contribution in [0.4, 0.5) is 5.69 Å². The minimum atomic E-state index is -3.90. The van der Waals surface area contributed by atoms with Gasteiger partial charge in [0.1, 0.15) is 11.2 Å². The number of hydrogen-bond acceptors (Lipinski definition) is 4. The van der Waals surface area contributed by atoms with Crippen molar-refractivity contribution in [1.82, 2.24) is 4.57 Å². The fourth-order valence-corrected chi connectivity index (χ4v) is 4.42. The van der Waals surface area contributed by atoms with E-state index in [0.29, 0.717) is 23.5 Å². The number of rotatable bonds is 7. The Kier molecular flexibility index (Phi) is 6.89. The summed E-state index contributed by atoms with van der Waals surface area (Å²) in [5, 5.41) is 0. The van der Waals surface area contributed by atoms with Gasteiger partial charge >= 0.3 is 0 Å². The Morgan fingerprint density at radius 2 is 1.65 bits per heavy atom. The summed E-state index contributed by atoms with van der Waals surface area (Å²) in [6, 6.07) is 27.6. The molecule has 0 aliphatic carbocycles. The maximum atomic E-state index is 12.9. The van der Waals surface area contributed by atoms with Crippen molar-refractivity contribution in [2.45, 2.75) is 11.4 Å². The van der Waals surface area contributed by atoms with E-state index in [4.69, 9.17) is 4.74 Å². The lowest BCUT2D eigenvalue weighted by atomic mass is 10.2. The fraction of sp³-hybridized carbons (Fsp3) is 0.0769. The van der Waals surface area contributed by atoms with E-state index < -0.39 is 15.9 Å². The molecule has 1 aromatic heterocycles. The van der Waals surface area contributed by atoms with Crippen molar-refractivity contribution in [3.05, 3.63) is 120 Å². The number of amides is 1. The monoisotopic (exact) mass is 473 g/mol. The molecule has 4 aromatic rings. The van der Waals surface area contributed by atoms with Gasteiger partial charge in [0.05, 0.1) is 12.0 Å². The SMILES string of the molecule is COc1ccc(NS(=O)(=O)c2cccc(C(=O)N=c3ccccn3Cc3ccccc3)c2)cc1. The highest BCUT2D eigenvalue weighted by atomic mass is 32.2. The zero-order chi connectivity index (χ0) is 24.0. The molecule has 0 spiro atoms. The molecule has 0 saturated heterocycles. The average Bonchev–Trinajstić information content (AvgIpc) is 2.86. The molecule has 1 amide bonds. The summed E-state index contributed by atoms with van der Waals surface area (Å²) >= 11 is 0. The number of hydrogen-bond donors (Lipinski definition) is 1. The molecule has 0 aliphatic rings. The molecule has 34 heavy (non-hydrogen) atoms. The molecule has 8 heteroatoms. The third-order valence-electron chi connectivity index (χ3n) is 5.06. The van der Waals surface area contributed by atoms with Crippen molar-refractivity contribution < 1.29 is 17.9 Å². The third-order valence-corrected chi connectivity index (χ3v) is 6.44. The van der Waals surface area contributed by atoms with Crippen LogP contribution in [0.2, 0.25) is 0 Å². The highest BCUT2D eigenvalue weighted by Crippen LogP contribution is 2.20. The van der Waals surface area contributed by atoms with Crippen LogP contribution in [0, 0.1) is 0 Å². The summed E-state index contributed by atoms with van der Waals surface area (Å²) < 4.78 is 35.2. The number of sulfonamides is 1. The summed E-state index contributed by atoms with van der Waals surface area (Å²) in [6.45, 7) is 0.550. The van der Waals surface area contributed by atoms with Gasteiger partial charge in [-0.15, -0.1) is 0 Å². The zero-order valence-electron chi connectivity index (χ0n) is 18.5. The lowest BCUT2D eigenvalue weighted by molar-refractivity contribution is 0.0997. The summed E-state index contributed by atoms with van der Waals surface area (Å²) in [7, 11) is -2.37. The van der Waals surface area contributed by atoms with Gasteiger partial charge in [0.2, 0.25) is 0 Å². The van der Waals surface area contributed by atoms with Gasteiger partial charge in [-0.3, -0.25) is 9.52 Å². The molecular formula is C26H23N3O4S. The minimum absolute atomic E-state index is 0.0328. The summed E-state index contributed by atoms with van der Waals surface area (Å²) in [6.07, 6.45) is 1.85. The molecule has 0 fully saturated rings. The maximum Gasteiger partial charge on any atom is 0.278 e. The second-order valence-electron chi connectivity index (χ2n) is 7.45. The van der Waals surface area contributed by atoms with Gasteiger partial charge in [-0.2, -0.15) is 4.99 Å². The van der Waals surface area contributed by atoms with E-state index >= 15 is 0 Å². The number of nitrogens with zero attached hydrogens (tertiary/aromatic N) is 2. The van der Waals surface area contributed by atoms with Crippen molar-refractivity contribution >= 4 is 21.6 Å². The molecular weight excluding hydrogens is 450 g/mol. The first-order valence-electron chi connectivity index (χ1n) is 10.5. The Bertz CT molecular complexity index is 1460. The van der Waals surface area contributed by atoms with E-state index in [0.717, 1.165) is 5.56 Å². The van der Waals surface area contributed by atoms with Crippen LogP contribution in [0.5, 0.6) is 5.75 Å². The first-order valence-corrected chi connectivity index (χ1v) is 12.0. The predicted octanol–water partition coefficient (Wildman–Crippen LogP) is 4.09. The van der Waals surface area contributed by atoms with Crippen LogP contribution < -0.4 is 14.9 Å². The number of benzene rings is 3. The van der Waals surface area contributed by atoms with Gasteiger partial charge in [-0.05, 0) is 60.2 Å². The lowest BCUT2D eigenvalue weighted by Crippen LogP contribution is -2.22. The largest absolute Gasteiger partial charge is 0.497 e. The number of carbonyl (C=O) groups is 1. The van der Waals surface area contributed by atoms with Crippen LogP contribution in [-0.4, -0.2) is 26.0 Å². The Labute approximate surface area is 198 Å². The van der Waals surface area contributed by atoms with Crippen LogP contribution >= 0.6 is 0 Å². The van der Waals surface area contributed by atoms with Gasteiger partial charge in [-0.25, -0.2) is 8.42 Å². The van der Waals surface area contributed by atoms with Crippen LogP contribution in [0.3, 0.4) is 0 Å². The molecule has 0 aliphatic heterocycles. The molecule has 0 saturated carbocycles. The lowest BCUT2D eigenvalue weighted by Gasteiger charge is -2.10. The fourth-order valence-electron chi connectivity index (χ4n) is 3.32. The standard InChI is InChI=1S/C26H23N3O4S/c1-33-23-15-13-22(14-16-23)28-34(31,32)24-11-7-10-21(18-24)26(30)27-25-12-5-6-17-29(25)19-20-8-3-2-4-9-20/h2-18,28H,19H2,1H3. The van der Waals surface area contributed by atoms with E-state index in [1.807, 2.05) is 47.2 Å². The molecule has 0 unspecified atom stereocenters. The van der Waals surface area contributed by atoms with E-state index in [2.05, 4.69) is 9.71 Å². The number of nitrogens with one attached hydrogen (secondary N) is 1. The molecule has 1 heterocycles. The number of aromatic nitrogens is 1. The molecule has 0 bridgehead atoms. The number of carbonyl (C=O) groups excluding carboxylic acids is 1. The molecule has 4 rings (SSSR count). The van der Waals surface area contributed by atoms with Gasteiger partial charge in [-0.1, -0.05) is 42.5 Å². The van der Waals surface area contributed by atoms with Crippen molar-refractivity contribution in [2.75, 3.05) is 11.8 Å². The highest BCUT2D eigenvalue weighted by Gasteiger charge is 2.16. The normalized spacial score (nSPS) is 11.7. The van der Waals surface area contributed by atoms with Crippen LogP contribution in [0.25, 0.3) is 0 Å². The summed E-state index contributed by atoms with van der Waals surface area (Å²) in [5.41, 5.74) is 2.10. The predicted molar refractivity (Wildman–Crippen MR) is 130 cm³/mol. The van der Waals surface area contributed by atoms with Crippen molar-refractivity contribution in [3.8, 4) is 5.75 Å². The molecule has 172 valence electrons.